The third-order valence-corrected chi connectivity index (χ3v) is 5.72. The summed E-state index contributed by atoms with van der Waals surface area (Å²) in [5.41, 5.74) is 2.88. The third kappa shape index (κ3) is 6.07. The van der Waals surface area contributed by atoms with Crippen molar-refractivity contribution in [2.45, 2.75) is 50.8 Å². The molecule has 0 fully saturated rings. The predicted octanol–water partition coefficient (Wildman–Crippen LogP) is 3.80. The van der Waals surface area contributed by atoms with E-state index in [1.54, 1.807) is 0 Å². The van der Waals surface area contributed by atoms with Crippen LogP contribution in [0.1, 0.15) is 42.5 Å². The normalized spacial score (nSPS) is 18.0. The Morgan fingerprint density at radius 2 is 1.97 bits per heavy atom. The standard InChI is InChI=1S/C22H25BrF2N2O2/c1-13(28)27-21(9-14-7-17(24)11-18(25)8-14)22(29)12-26-20-4-2-3-15-5-6-16(23)10-19(15)20/h5-8,10-11,20-22,26,29H,2-4,9,12H2,1H3,(H,27,28)/t20-,21?,22?/m0/s1. The third-order valence-electron chi connectivity index (χ3n) is 5.23. The maximum atomic E-state index is 13.5. The molecule has 0 bridgehead atoms. The Hall–Kier alpha value is -1.83. The van der Waals surface area contributed by atoms with Crippen LogP contribution >= 0.6 is 15.9 Å². The Balaban J connectivity index is 1.68. The molecule has 0 saturated carbocycles. The number of carbonyl (C=O) groups excluding carboxylic acids is 1. The van der Waals surface area contributed by atoms with Gasteiger partial charge in [0.1, 0.15) is 11.6 Å². The van der Waals surface area contributed by atoms with E-state index in [-0.39, 0.29) is 24.9 Å². The van der Waals surface area contributed by atoms with E-state index in [4.69, 9.17) is 0 Å². The summed E-state index contributed by atoms with van der Waals surface area (Å²) in [5, 5.41) is 16.8. The molecular formula is C22H25BrF2N2O2. The summed E-state index contributed by atoms with van der Waals surface area (Å²) >= 11 is 3.51. The summed E-state index contributed by atoms with van der Waals surface area (Å²) in [6.07, 6.45) is 2.26. The summed E-state index contributed by atoms with van der Waals surface area (Å²) in [4.78, 5) is 11.6. The van der Waals surface area contributed by atoms with E-state index in [0.717, 1.165) is 29.8 Å². The maximum Gasteiger partial charge on any atom is 0.217 e. The predicted molar refractivity (Wildman–Crippen MR) is 111 cm³/mol. The molecule has 156 valence electrons. The lowest BCUT2D eigenvalue weighted by atomic mass is 9.87. The van der Waals surface area contributed by atoms with Crippen molar-refractivity contribution in [2.24, 2.45) is 0 Å². The van der Waals surface area contributed by atoms with Gasteiger partial charge in [0.25, 0.3) is 0 Å². The Kier molecular flexibility index (Phi) is 7.38. The van der Waals surface area contributed by atoms with Crippen molar-refractivity contribution in [3.05, 3.63) is 69.2 Å². The number of rotatable bonds is 7. The number of aliphatic hydroxyl groups excluding tert-OH is 1. The van der Waals surface area contributed by atoms with Crippen LogP contribution in [-0.2, 0) is 17.6 Å². The molecule has 1 aliphatic rings. The highest BCUT2D eigenvalue weighted by atomic mass is 79.9. The number of amides is 1. The lowest BCUT2D eigenvalue weighted by molar-refractivity contribution is -0.120. The molecule has 0 heterocycles. The molecule has 7 heteroatoms. The van der Waals surface area contributed by atoms with Crippen LogP contribution in [0.4, 0.5) is 8.78 Å². The highest BCUT2D eigenvalue weighted by Gasteiger charge is 2.25. The van der Waals surface area contributed by atoms with Gasteiger partial charge in [-0.3, -0.25) is 4.79 Å². The highest BCUT2D eigenvalue weighted by Crippen LogP contribution is 2.31. The van der Waals surface area contributed by atoms with Crippen LogP contribution in [0.15, 0.2) is 40.9 Å². The second-order valence-electron chi connectivity index (χ2n) is 7.55. The van der Waals surface area contributed by atoms with Crippen molar-refractivity contribution in [1.82, 2.24) is 10.6 Å². The van der Waals surface area contributed by atoms with Gasteiger partial charge in [0.05, 0.1) is 12.1 Å². The van der Waals surface area contributed by atoms with Gasteiger partial charge in [0.2, 0.25) is 5.91 Å². The first kappa shape index (κ1) is 21.9. The Labute approximate surface area is 177 Å². The molecule has 1 aliphatic carbocycles. The first-order chi connectivity index (χ1) is 13.8. The van der Waals surface area contributed by atoms with Crippen LogP contribution in [0.2, 0.25) is 0 Å². The van der Waals surface area contributed by atoms with E-state index >= 15 is 0 Å². The number of aliphatic hydroxyl groups is 1. The minimum atomic E-state index is -0.914. The van der Waals surface area contributed by atoms with Gasteiger partial charge in [-0.1, -0.05) is 22.0 Å². The fraction of sp³-hybridized carbons (Fsp3) is 0.409. The van der Waals surface area contributed by atoms with Gasteiger partial charge < -0.3 is 15.7 Å². The molecule has 0 spiro atoms. The molecule has 0 aliphatic heterocycles. The Morgan fingerprint density at radius 3 is 2.66 bits per heavy atom. The van der Waals surface area contributed by atoms with E-state index < -0.39 is 23.8 Å². The Morgan fingerprint density at radius 1 is 1.24 bits per heavy atom. The number of aryl methyl sites for hydroxylation is 1. The number of fused-ring (bicyclic) bond motifs is 1. The molecule has 2 unspecified atom stereocenters. The molecule has 3 N–H and O–H groups in total. The molecule has 3 rings (SSSR count). The van der Waals surface area contributed by atoms with E-state index in [2.05, 4.69) is 38.7 Å². The highest BCUT2D eigenvalue weighted by molar-refractivity contribution is 9.10. The topological polar surface area (TPSA) is 61.4 Å². The van der Waals surface area contributed by atoms with Crippen LogP contribution < -0.4 is 10.6 Å². The monoisotopic (exact) mass is 466 g/mol. The van der Waals surface area contributed by atoms with Gasteiger partial charge in [-0.25, -0.2) is 8.78 Å². The number of halogens is 3. The maximum absolute atomic E-state index is 13.5. The fourth-order valence-electron chi connectivity index (χ4n) is 3.91. The van der Waals surface area contributed by atoms with E-state index in [1.807, 2.05) is 6.07 Å². The van der Waals surface area contributed by atoms with Crippen molar-refractivity contribution in [1.29, 1.82) is 0 Å². The number of hydrogen-bond donors (Lipinski definition) is 3. The Bertz CT molecular complexity index is 858. The number of benzene rings is 2. The number of nitrogens with one attached hydrogen (secondary N) is 2. The number of carbonyl (C=O) groups is 1. The smallest absolute Gasteiger partial charge is 0.217 e. The summed E-state index contributed by atoms with van der Waals surface area (Å²) < 4.78 is 28.0. The SMILES string of the molecule is CC(=O)NC(Cc1cc(F)cc(F)c1)C(O)CN[C@H]1CCCc2ccc(Br)cc21. The second kappa shape index (κ2) is 9.78. The van der Waals surface area contributed by atoms with E-state index in [1.165, 1.54) is 30.2 Å². The minimum Gasteiger partial charge on any atom is -0.390 e. The summed E-state index contributed by atoms with van der Waals surface area (Å²) in [6, 6.07) is 8.91. The van der Waals surface area contributed by atoms with Crippen LogP contribution in [0.5, 0.6) is 0 Å². The first-order valence-electron chi connectivity index (χ1n) is 9.73. The molecule has 0 aromatic heterocycles. The van der Waals surface area contributed by atoms with Crippen LogP contribution in [0, 0.1) is 11.6 Å². The van der Waals surface area contributed by atoms with Crippen molar-refractivity contribution in [3.8, 4) is 0 Å². The van der Waals surface area contributed by atoms with Gasteiger partial charge >= 0.3 is 0 Å². The lowest BCUT2D eigenvalue weighted by Crippen LogP contribution is -2.48. The van der Waals surface area contributed by atoms with Crippen LogP contribution in [-0.4, -0.2) is 29.7 Å². The van der Waals surface area contributed by atoms with Gasteiger partial charge in [-0.2, -0.15) is 0 Å². The molecule has 29 heavy (non-hydrogen) atoms. The van der Waals surface area contributed by atoms with Gasteiger partial charge in [0.15, 0.2) is 0 Å². The molecule has 4 nitrogen and oxygen atoms in total. The summed E-state index contributed by atoms with van der Waals surface area (Å²) in [6.45, 7) is 1.60. The van der Waals surface area contributed by atoms with Crippen molar-refractivity contribution in [2.75, 3.05) is 6.54 Å². The van der Waals surface area contributed by atoms with Gasteiger partial charge in [-0.05, 0) is 66.6 Å². The van der Waals surface area contributed by atoms with E-state index in [0.29, 0.717) is 5.56 Å². The summed E-state index contributed by atoms with van der Waals surface area (Å²) in [7, 11) is 0. The molecule has 0 radical (unpaired) electrons. The van der Waals surface area contributed by atoms with Crippen LogP contribution in [0.25, 0.3) is 0 Å². The second-order valence-corrected chi connectivity index (χ2v) is 8.47. The lowest BCUT2D eigenvalue weighted by Gasteiger charge is -2.30. The fourth-order valence-corrected chi connectivity index (χ4v) is 4.29. The number of hydrogen-bond acceptors (Lipinski definition) is 3. The molecule has 0 saturated heterocycles. The van der Waals surface area contributed by atoms with Crippen molar-refractivity contribution < 1.29 is 18.7 Å². The quantitative estimate of drug-likeness (QED) is 0.581. The average Bonchev–Trinajstić information content (AvgIpc) is 2.64. The molecule has 2 aromatic carbocycles. The zero-order valence-electron chi connectivity index (χ0n) is 16.2. The van der Waals surface area contributed by atoms with Gasteiger partial charge in [0, 0.05) is 30.0 Å². The largest absolute Gasteiger partial charge is 0.390 e. The van der Waals surface area contributed by atoms with E-state index in [9.17, 15) is 18.7 Å². The molecule has 1 amide bonds. The van der Waals surface area contributed by atoms with Gasteiger partial charge in [-0.15, -0.1) is 0 Å². The zero-order valence-corrected chi connectivity index (χ0v) is 17.8. The molecule has 2 aromatic rings. The zero-order chi connectivity index (χ0) is 21.0. The van der Waals surface area contributed by atoms with Crippen molar-refractivity contribution >= 4 is 21.8 Å². The minimum absolute atomic E-state index is 0.107. The molecule has 3 atom stereocenters. The first-order valence-corrected chi connectivity index (χ1v) is 10.5. The van der Waals surface area contributed by atoms with Crippen molar-refractivity contribution in [3.63, 3.8) is 0 Å². The molecular weight excluding hydrogens is 442 g/mol. The summed E-state index contributed by atoms with van der Waals surface area (Å²) in [5.74, 6) is -1.67. The average molecular weight is 467 g/mol. The van der Waals surface area contributed by atoms with Crippen LogP contribution in [0.3, 0.4) is 0 Å².